The first-order valence-corrected chi connectivity index (χ1v) is 25.7. The van der Waals surface area contributed by atoms with Gasteiger partial charge in [0.15, 0.2) is 27.8 Å². The van der Waals surface area contributed by atoms with E-state index in [0.29, 0.717) is 24.6 Å². The van der Waals surface area contributed by atoms with Crippen LogP contribution in [0.25, 0.3) is 0 Å². The van der Waals surface area contributed by atoms with Crippen LogP contribution >= 0.6 is 21.6 Å². The number of amides is 4. The second-order valence-electron chi connectivity index (χ2n) is 17.7. The summed E-state index contributed by atoms with van der Waals surface area (Å²) in [7, 11) is -1.23. The largest absolute Gasteiger partial charge is 0.416 e. The van der Waals surface area contributed by atoms with E-state index in [4.69, 9.17) is 20.3 Å². The Labute approximate surface area is 312 Å². The summed E-state index contributed by atoms with van der Waals surface area (Å²) in [6.45, 7) is 29.0. The zero-order valence-corrected chi connectivity index (χ0v) is 37.0. The Morgan fingerprint density at radius 3 is 1.12 bits per heavy atom. The number of aliphatic hydroxyl groups is 2. The van der Waals surface area contributed by atoms with Crippen LogP contribution in [0.15, 0.2) is 0 Å². The maximum absolute atomic E-state index is 12.5. The van der Waals surface area contributed by atoms with E-state index >= 15 is 0 Å². The van der Waals surface area contributed by atoms with Crippen molar-refractivity contribution >= 4 is 61.9 Å². The summed E-state index contributed by atoms with van der Waals surface area (Å²) in [6, 6.07) is 0. The van der Waals surface area contributed by atoms with Crippen LogP contribution in [-0.2, 0) is 28.0 Å². The third-order valence-electron chi connectivity index (χ3n) is 10.8. The van der Waals surface area contributed by atoms with Gasteiger partial charge in [-0.3, -0.25) is 19.2 Å². The molecule has 50 heavy (non-hydrogen) atoms. The minimum absolute atomic E-state index is 0.0435. The molecule has 0 aliphatic heterocycles. The van der Waals surface area contributed by atoms with Gasteiger partial charge in [-0.05, 0) is 49.1 Å². The van der Waals surface area contributed by atoms with Crippen molar-refractivity contribution in [1.29, 1.82) is 0 Å². The summed E-state index contributed by atoms with van der Waals surface area (Å²) in [5.41, 5.74) is 5.42. The number of nitrogens with one attached hydrogen (secondary N) is 2. The van der Waals surface area contributed by atoms with Gasteiger partial charge in [0, 0.05) is 61.5 Å². The van der Waals surface area contributed by atoms with Gasteiger partial charge >= 0.3 is 0 Å². The summed E-state index contributed by atoms with van der Waals surface area (Å²) in [4.78, 5) is 49.9. The molecule has 4 amide bonds. The fourth-order valence-electron chi connectivity index (χ4n) is 4.33. The standard InChI is InChI=1S/C34H70N4O8S2Si2/c1-29(2,3)49(11,12)45-23-31(7,8)33(43,27(35)41)17-15-25(39)37-19-21-47-48-22-20-38-26(40)16-18-34(44,28(36)42)32(9,10)24-46-50(13,14)30(4,5)6/h43-44H,15-24H2,1-14H3,(H2,35,41)(H2,36,42)(H,37,39)(H,38,40). The molecule has 0 saturated heterocycles. The molecule has 0 aliphatic carbocycles. The minimum Gasteiger partial charge on any atom is -0.416 e. The molecule has 12 nitrogen and oxygen atoms in total. The number of hydrogen-bond donors (Lipinski definition) is 6. The molecule has 294 valence electrons. The van der Waals surface area contributed by atoms with Crippen LogP contribution in [0, 0.1) is 10.8 Å². The van der Waals surface area contributed by atoms with Crippen LogP contribution in [0.5, 0.6) is 0 Å². The third kappa shape index (κ3) is 14.0. The maximum atomic E-state index is 12.5. The molecule has 2 unspecified atom stereocenters. The molecule has 0 spiro atoms. The van der Waals surface area contributed by atoms with Crippen LogP contribution in [0.3, 0.4) is 0 Å². The van der Waals surface area contributed by atoms with Crippen LogP contribution in [0.1, 0.15) is 94.9 Å². The zero-order chi connectivity index (χ0) is 39.6. The number of carbonyl (C=O) groups excluding carboxylic acids is 4. The van der Waals surface area contributed by atoms with Crippen molar-refractivity contribution in [3.05, 3.63) is 0 Å². The van der Waals surface area contributed by atoms with Crippen LogP contribution < -0.4 is 22.1 Å². The van der Waals surface area contributed by atoms with Gasteiger partial charge in [0.05, 0.1) is 0 Å². The lowest BCUT2D eigenvalue weighted by Gasteiger charge is -2.44. The third-order valence-corrected chi connectivity index (χ3v) is 22.1. The fraction of sp³-hybridized carbons (Fsp3) is 0.882. The van der Waals surface area contributed by atoms with Crippen molar-refractivity contribution in [1.82, 2.24) is 10.6 Å². The SMILES string of the molecule is CC(C)(CO[Si](C)(C)C(C)(C)C)C(O)(CCC(=O)NCCSSCCNC(=O)CCC(O)(C(N)=O)C(C)(C)CO[Si](C)(C)C(C)(C)C)C(N)=O. The van der Waals surface area contributed by atoms with Gasteiger partial charge in [0.25, 0.3) is 0 Å². The summed E-state index contributed by atoms with van der Waals surface area (Å²) in [5, 5.41) is 28.1. The lowest BCUT2D eigenvalue weighted by Crippen LogP contribution is -2.58. The smallest absolute Gasteiger partial charge is 0.250 e. The van der Waals surface area contributed by atoms with E-state index in [0.717, 1.165) is 0 Å². The highest BCUT2D eigenvalue weighted by atomic mass is 33.1. The maximum Gasteiger partial charge on any atom is 0.250 e. The van der Waals surface area contributed by atoms with Gasteiger partial charge < -0.3 is 41.2 Å². The number of rotatable bonds is 23. The molecule has 0 aromatic carbocycles. The Hall–Kier alpha value is -1.15. The molecule has 0 aliphatic rings. The van der Waals surface area contributed by atoms with Gasteiger partial charge in [-0.15, -0.1) is 0 Å². The first-order valence-electron chi connectivity index (χ1n) is 17.4. The molecule has 2 atom stereocenters. The van der Waals surface area contributed by atoms with Crippen molar-refractivity contribution in [2.75, 3.05) is 37.8 Å². The molecular weight excluding hydrogens is 713 g/mol. The molecule has 0 fully saturated rings. The highest BCUT2D eigenvalue weighted by Gasteiger charge is 2.51. The second kappa shape index (κ2) is 18.7. The van der Waals surface area contributed by atoms with E-state index in [-0.39, 0.29) is 60.8 Å². The number of hydrogen-bond acceptors (Lipinski definition) is 10. The molecule has 0 aromatic rings. The number of primary amides is 2. The quantitative estimate of drug-likeness (QED) is 0.0480. The molecule has 0 saturated carbocycles. The van der Waals surface area contributed by atoms with Gasteiger partial charge in [-0.1, -0.05) is 90.8 Å². The normalized spacial score (nSPS) is 15.9. The van der Waals surface area contributed by atoms with Gasteiger partial charge in [0.1, 0.15) is 0 Å². The molecule has 8 N–H and O–H groups in total. The summed E-state index contributed by atoms with van der Waals surface area (Å²) >= 11 is 0. The topological polar surface area (TPSA) is 203 Å². The van der Waals surface area contributed by atoms with Crippen molar-refractivity contribution < 1.29 is 38.2 Å². The van der Waals surface area contributed by atoms with Crippen molar-refractivity contribution in [3.63, 3.8) is 0 Å². The molecule has 0 heterocycles. The zero-order valence-electron chi connectivity index (χ0n) is 33.4. The van der Waals surface area contributed by atoms with Gasteiger partial charge in [0.2, 0.25) is 23.6 Å². The van der Waals surface area contributed by atoms with E-state index in [1.165, 1.54) is 21.6 Å². The summed E-state index contributed by atoms with van der Waals surface area (Å²) < 4.78 is 12.6. The Bertz CT molecular complexity index is 1070. The first-order chi connectivity index (χ1) is 22.3. The molecule has 16 heteroatoms. The number of nitrogens with two attached hydrogens (primary N) is 2. The van der Waals surface area contributed by atoms with Crippen LogP contribution in [0.4, 0.5) is 0 Å². The molecule has 0 aromatic heterocycles. The van der Waals surface area contributed by atoms with Gasteiger partial charge in [-0.25, -0.2) is 0 Å². The predicted octanol–water partition coefficient (Wildman–Crippen LogP) is 4.69. The molecular formula is C34H70N4O8S2Si2. The lowest BCUT2D eigenvalue weighted by molar-refractivity contribution is -0.156. The summed E-state index contributed by atoms with van der Waals surface area (Å²) in [6.07, 6.45) is -0.387. The average molecular weight is 783 g/mol. The van der Waals surface area contributed by atoms with E-state index in [2.05, 4.69) is 78.4 Å². The molecule has 0 bridgehead atoms. The summed E-state index contributed by atoms with van der Waals surface area (Å²) in [5.74, 6) is -1.15. The lowest BCUT2D eigenvalue weighted by atomic mass is 9.72. The Morgan fingerprint density at radius 2 is 0.880 bits per heavy atom. The minimum atomic E-state index is -2.14. The Kier molecular flexibility index (Phi) is 18.3. The Balaban J connectivity index is 4.64. The average Bonchev–Trinajstić information content (AvgIpc) is 2.96. The second-order valence-corrected chi connectivity index (χ2v) is 30.0. The monoisotopic (exact) mass is 782 g/mol. The van der Waals surface area contributed by atoms with E-state index in [9.17, 15) is 29.4 Å². The predicted molar refractivity (Wildman–Crippen MR) is 212 cm³/mol. The van der Waals surface area contributed by atoms with Gasteiger partial charge in [-0.2, -0.15) is 0 Å². The molecule has 0 rings (SSSR count). The van der Waals surface area contributed by atoms with Crippen molar-refractivity contribution in [3.8, 4) is 0 Å². The molecule has 0 radical (unpaired) electrons. The van der Waals surface area contributed by atoms with Crippen molar-refractivity contribution in [2.24, 2.45) is 22.3 Å². The first kappa shape index (κ1) is 48.9. The van der Waals surface area contributed by atoms with E-state index in [1.54, 1.807) is 27.7 Å². The fourth-order valence-corrected chi connectivity index (χ4v) is 8.45. The van der Waals surface area contributed by atoms with E-state index < -0.39 is 50.5 Å². The van der Waals surface area contributed by atoms with Crippen molar-refractivity contribution in [2.45, 2.75) is 142 Å². The van der Waals surface area contributed by atoms with Crippen LogP contribution in [0.2, 0.25) is 36.3 Å². The number of carbonyl (C=O) groups is 4. The highest BCUT2D eigenvalue weighted by molar-refractivity contribution is 8.76. The Morgan fingerprint density at radius 1 is 0.600 bits per heavy atom. The van der Waals surface area contributed by atoms with Crippen LogP contribution in [-0.4, -0.2) is 99.5 Å². The van der Waals surface area contributed by atoms with E-state index in [1.807, 2.05) is 0 Å². The highest BCUT2D eigenvalue weighted by Crippen LogP contribution is 2.42.